The number of nitrogens with one attached hydrogen (secondary N) is 1. The van der Waals surface area contributed by atoms with Gasteiger partial charge < -0.3 is 5.11 Å². The van der Waals surface area contributed by atoms with Crippen molar-refractivity contribution < 1.29 is 13.5 Å². The fourth-order valence-electron chi connectivity index (χ4n) is 1.64. The van der Waals surface area contributed by atoms with Crippen LogP contribution in [0.1, 0.15) is 5.56 Å². The van der Waals surface area contributed by atoms with E-state index < -0.39 is 10.0 Å². The molecule has 0 fully saturated rings. The highest BCUT2D eigenvalue weighted by Gasteiger charge is 2.19. The second-order valence-electron chi connectivity index (χ2n) is 4.13. The van der Waals surface area contributed by atoms with Crippen molar-refractivity contribution >= 4 is 59.2 Å². The van der Waals surface area contributed by atoms with Crippen molar-refractivity contribution in [3.63, 3.8) is 0 Å². The molecule has 0 aliphatic heterocycles. The highest BCUT2D eigenvalue weighted by molar-refractivity contribution is 9.11. The molecule has 2 rings (SSSR count). The van der Waals surface area contributed by atoms with Gasteiger partial charge in [0.1, 0.15) is 4.90 Å². The Morgan fingerprint density at radius 3 is 2.52 bits per heavy atom. The van der Waals surface area contributed by atoms with Crippen LogP contribution in [0.2, 0.25) is 5.02 Å². The minimum Gasteiger partial charge on any atom is -0.392 e. The number of hydrogen-bond donors (Lipinski definition) is 2. The molecule has 0 radical (unpaired) electrons. The molecule has 0 amide bonds. The molecule has 2 aromatic rings. The molecule has 0 saturated heterocycles. The van der Waals surface area contributed by atoms with Crippen LogP contribution >= 0.6 is 43.5 Å². The van der Waals surface area contributed by atoms with Gasteiger partial charge in [0.05, 0.1) is 21.8 Å². The summed E-state index contributed by atoms with van der Waals surface area (Å²) in [4.78, 5) is 0.0755. The number of anilines is 1. The highest BCUT2D eigenvalue weighted by Crippen LogP contribution is 2.32. The van der Waals surface area contributed by atoms with E-state index in [0.29, 0.717) is 25.2 Å². The highest BCUT2D eigenvalue weighted by atomic mass is 79.9. The van der Waals surface area contributed by atoms with E-state index in [1.807, 2.05) is 0 Å². The lowest BCUT2D eigenvalue weighted by Crippen LogP contribution is -2.14. The van der Waals surface area contributed by atoms with Gasteiger partial charge in [0, 0.05) is 4.47 Å². The Morgan fingerprint density at radius 1 is 1.19 bits per heavy atom. The number of benzene rings is 2. The zero-order chi connectivity index (χ0) is 15.6. The Morgan fingerprint density at radius 2 is 1.90 bits per heavy atom. The standard InChI is InChI=1S/C13H10Br2ClNO3S/c14-9-6-8(7-18)4-5-12(9)21(19,20)17-11-3-1-2-10(16)13(11)15/h1-6,17-18H,7H2. The summed E-state index contributed by atoms with van der Waals surface area (Å²) in [5.41, 5.74) is 0.963. The molecule has 0 saturated carbocycles. The van der Waals surface area contributed by atoms with Crippen molar-refractivity contribution in [1.82, 2.24) is 0 Å². The predicted octanol–water partition coefficient (Wildman–Crippen LogP) is 4.16. The fraction of sp³-hybridized carbons (Fsp3) is 0.0769. The summed E-state index contributed by atoms with van der Waals surface area (Å²) in [6, 6.07) is 9.43. The van der Waals surface area contributed by atoms with Gasteiger partial charge in [-0.1, -0.05) is 23.7 Å². The molecule has 8 heteroatoms. The Bertz CT molecular complexity index is 781. The van der Waals surface area contributed by atoms with E-state index in [4.69, 9.17) is 16.7 Å². The molecule has 0 unspecified atom stereocenters. The quantitative estimate of drug-likeness (QED) is 0.728. The number of sulfonamides is 1. The van der Waals surface area contributed by atoms with Crippen LogP contribution in [0.25, 0.3) is 0 Å². The van der Waals surface area contributed by atoms with Crippen LogP contribution in [0.5, 0.6) is 0 Å². The molecule has 112 valence electrons. The van der Waals surface area contributed by atoms with E-state index in [0.717, 1.165) is 0 Å². The van der Waals surface area contributed by atoms with Crippen LogP contribution in [-0.4, -0.2) is 13.5 Å². The van der Waals surface area contributed by atoms with Crippen molar-refractivity contribution in [2.24, 2.45) is 0 Å². The van der Waals surface area contributed by atoms with Gasteiger partial charge in [-0.25, -0.2) is 8.42 Å². The maximum atomic E-state index is 12.4. The summed E-state index contributed by atoms with van der Waals surface area (Å²) in [5, 5.41) is 9.46. The van der Waals surface area contributed by atoms with Crippen molar-refractivity contribution in [1.29, 1.82) is 0 Å². The Labute approximate surface area is 144 Å². The summed E-state index contributed by atoms with van der Waals surface area (Å²) in [6.45, 7) is -0.161. The molecular weight excluding hydrogens is 445 g/mol. The largest absolute Gasteiger partial charge is 0.392 e. The Balaban J connectivity index is 2.41. The van der Waals surface area contributed by atoms with Gasteiger partial charge in [0.25, 0.3) is 10.0 Å². The molecule has 0 spiro atoms. The van der Waals surface area contributed by atoms with Crippen LogP contribution in [0.15, 0.2) is 50.2 Å². The van der Waals surface area contributed by atoms with Gasteiger partial charge in [0.15, 0.2) is 0 Å². The van der Waals surface area contributed by atoms with Gasteiger partial charge in [-0.2, -0.15) is 0 Å². The van der Waals surface area contributed by atoms with E-state index in [2.05, 4.69) is 36.6 Å². The molecule has 0 aromatic heterocycles. The van der Waals surface area contributed by atoms with Gasteiger partial charge in [0.2, 0.25) is 0 Å². The van der Waals surface area contributed by atoms with Crippen molar-refractivity contribution in [3.05, 3.63) is 55.9 Å². The zero-order valence-electron chi connectivity index (χ0n) is 10.5. The second kappa shape index (κ2) is 6.66. The third-order valence-electron chi connectivity index (χ3n) is 2.66. The first kappa shape index (κ1) is 16.8. The van der Waals surface area contributed by atoms with Gasteiger partial charge >= 0.3 is 0 Å². The molecule has 0 heterocycles. The third kappa shape index (κ3) is 3.78. The number of hydrogen-bond acceptors (Lipinski definition) is 3. The maximum absolute atomic E-state index is 12.4. The maximum Gasteiger partial charge on any atom is 0.263 e. The van der Waals surface area contributed by atoms with Crippen molar-refractivity contribution in [3.8, 4) is 0 Å². The van der Waals surface area contributed by atoms with Crippen LogP contribution in [0, 0.1) is 0 Å². The molecule has 2 N–H and O–H groups in total. The molecule has 21 heavy (non-hydrogen) atoms. The van der Waals surface area contributed by atoms with E-state index in [-0.39, 0.29) is 11.5 Å². The Kier molecular flexibility index (Phi) is 5.32. The van der Waals surface area contributed by atoms with Gasteiger partial charge in [-0.3, -0.25) is 4.72 Å². The normalized spacial score (nSPS) is 11.4. The van der Waals surface area contributed by atoms with Gasteiger partial charge in [-0.15, -0.1) is 0 Å². The molecule has 2 aromatic carbocycles. The number of halogens is 3. The molecular formula is C13H10Br2ClNO3S. The fourth-order valence-corrected chi connectivity index (χ4v) is 4.51. The molecule has 0 atom stereocenters. The van der Waals surface area contributed by atoms with Crippen LogP contribution in [-0.2, 0) is 16.6 Å². The molecule has 0 aliphatic carbocycles. The first-order valence-electron chi connectivity index (χ1n) is 5.71. The average Bonchev–Trinajstić information content (AvgIpc) is 2.43. The number of aliphatic hydroxyl groups is 1. The Hall–Kier alpha value is -0.600. The minimum absolute atomic E-state index is 0.0755. The smallest absolute Gasteiger partial charge is 0.263 e. The summed E-state index contributed by atoms with van der Waals surface area (Å²) >= 11 is 12.4. The summed E-state index contributed by atoms with van der Waals surface area (Å²) in [7, 11) is -3.78. The lowest BCUT2D eigenvalue weighted by molar-refractivity contribution is 0.281. The third-order valence-corrected chi connectivity index (χ3v) is 6.40. The zero-order valence-corrected chi connectivity index (χ0v) is 15.2. The average molecular weight is 456 g/mol. The molecule has 0 aliphatic rings. The van der Waals surface area contributed by atoms with E-state index >= 15 is 0 Å². The summed E-state index contributed by atoms with van der Waals surface area (Å²) < 4.78 is 28.2. The van der Waals surface area contributed by atoms with E-state index in [1.165, 1.54) is 6.07 Å². The first-order chi connectivity index (χ1) is 9.85. The topological polar surface area (TPSA) is 66.4 Å². The van der Waals surface area contributed by atoms with Crippen molar-refractivity contribution in [2.75, 3.05) is 4.72 Å². The van der Waals surface area contributed by atoms with Gasteiger partial charge in [-0.05, 0) is 61.7 Å². The van der Waals surface area contributed by atoms with Crippen LogP contribution < -0.4 is 4.72 Å². The monoisotopic (exact) mass is 453 g/mol. The predicted molar refractivity (Wildman–Crippen MR) is 90.0 cm³/mol. The summed E-state index contributed by atoms with van der Waals surface area (Å²) in [5.74, 6) is 0. The SMILES string of the molecule is O=S(=O)(Nc1cccc(Cl)c1Br)c1ccc(CO)cc1Br. The number of rotatable bonds is 4. The first-order valence-corrected chi connectivity index (χ1v) is 9.16. The lowest BCUT2D eigenvalue weighted by Gasteiger charge is -2.12. The summed E-state index contributed by atoms with van der Waals surface area (Å²) in [6.07, 6.45) is 0. The van der Waals surface area contributed by atoms with Crippen LogP contribution in [0.3, 0.4) is 0 Å². The number of aliphatic hydroxyl groups excluding tert-OH is 1. The lowest BCUT2D eigenvalue weighted by atomic mass is 10.2. The minimum atomic E-state index is -3.78. The second-order valence-corrected chi connectivity index (χ2v) is 7.84. The van der Waals surface area contributed by atoms with Crippen LogP contribution in [0.4, 0.5) is 5.69 Å². The molecule has 4 nitrogen and oxygen atoms in total. The van der Waals surface area contributed by atoms with Crippen molar-refractivity contribution in [2.45, 2.75) is 11.5 Å². The van der Waals surface area contributed by atoms with E-state index in [9.17, 15) is 8.42 Å². The van der Waals surface area contributed by atoms with E-state index in [1.54, 1.807) is 30.3 Å². The molecule has 0 bridgehead atoms.